The van der Waals surface area contributed by atoms with Crippen LogP contribution in [0.4, 0.5) is 0 Å². The van der Waals surface area contributed by atoms with Crippen LogP contribution in [-0.2, 0) is 16.6 Å². The van der Waals surface area contributed by atoms with E-state index in [1.807, 2.05) is 0 Å². The molecule has 8 heteroatoms. The number of aryl methyl sites for hydroxylation is 1. The van der Waals surface area contributed by atoms with Gasteiger partial charge in [-0.05, 0) is 6.92 Å². The lowest BCUT2D eigenvalue weighted by atomic mass is 10.0. The van der Waals surface area contributed by atoms with Gasteiger partial charge >= 0.3 is 0 Å². The summed E-state index contributed by atoms with van der Waals surface area (Å²) in [5, 5.41) is 4.06. The first-order valence-corrected chi connectivity index (χ1v) is 5.86. The van der Waals surface area contributed by atoms with Crippen molar-refractivity contribution in [2.45, 2.75) is 19.0 Å². The highest BCUT2D eigenvalue weighted by atomic mass is 16.2. The van der Waals surface area contributed by atoms with Gasteiger partial charge in [0.2, 0.25) is 11.8 Å². The van der Waals surface area contributed by atoms with Gasteiger partial charge in [0.25, 0.3) is 0 Å². The molecular weight excluding hydrogens is 248 g/mol. The minimum absolute atomic E-state index is 0.0932. The molecule has 8 nitrogen and oxygen atoms in total. The number of aromatic nitrogens is 2. The smallest absolute Gasteiger partial charge is 0.231 e. The quantitative estimate of drug-likeness (QED) is 0.530. The van der Waals surface area contributed by atoms with Crippen LogP contribution in [0.1, 0.15) is 18.5 Å². The van der Waals surface area contributed by atoms with Crippen molar-refractivity contribution in [3.63, 3.8) is 0 Å². The fourth-order valence-electron chi connectivity index (χ4n) is 2.09. The average molecular weight is 268 g/mol. The number of rotatable bonds is 7. The molecule has 0 saturated heterocycles. The molecule has 106 valence electrons. The van der Waals surface area contributed by atoms with Crippen molar-refractivity contribution in [3.8, 4) is 0 Å². The van der Waals surface area contributed by atoms with E-state index in [2.05, 4.69) is 5.10 Å². The fourth-order valence-corrected chi connectivity index (χ4v) is 2.09. The third kappa shape index (κ3) is 4.34. The highest BCUT2D eigenvalue weighted by molar-refractivity contribution is 5.79. The van der Waals surface area contributed by atoms with E-state index in [9.17, 15) is 9.59 Å². The Bertz CT molecular complexity index is 440. The van der Waals surface area contributed by atoms with Crippen LogP contribution in [0.3, 0.4) is 0 Å². The van der Waals surface area contributed by atoms with Crippen molar-refractivity contribution >= 4 is 11.8 Å². The molecule has 0 fully saturated rings. The number of carbonyl (C=O) groups excluding carboxylic acids is 2. The summed E-state index contributed by atoms with van der Waals surface area (Å²) < 4.78 is 1.62. The molecule has 1 aromatic rings. The Hall–Kier alpha value is -1.93. The Kier molecular flexibility index (Phi) is 5.02. The van der Waals surface area contributed by atoms with Crippen molar-refractivity contribution < 1.29 is 9.59 Å². The molecule has 0 aliphatic heterocycles. The third-order valence-corrected chi connectivity index (χ3v) is 2.68. The van der Waals surface area contributed by atoms with Gasteiger partial charge in [-0.25, -0.2) is 0 Å². The second-order valence-corrected chi connectivity index (χ2v) is 4.59. The number of hydrogen-bond donors (Lipinski definition) is 3. The fraction of sp³-hybridized carbons (Fsp3) is 0.545. The number of primary amides is 2. The predicted octanol–water partition coefficient (Wildman–Crippen LogP) is -1.92. The van der Waals surface area contributed by atoms with Gasteiger partial charge in [0.05, 0.1) is 25.3 Å². The maximum absolute atomic E-state index is 11.1. The topological polar surface area (TPSA) is 133 Å². The standard InChI is InChI=1S/C11H20N6O2/c1-7(12)11(8-3-15-16(2)4-8)17(5-9(13)18)6-10(14)19/h3-4,7,11H,5-6,12H2,1-2H3,(H2,13,18)(H2,14,19). The summed E-state index contributed by atoms with van der Waals surface area (Å²) in [4.78, 5) is 23.8. The van der Waals surface area contributed by atoms with E-state index in [4.69, 9.17) is 17.2 Å². The van der Waals surface area contributed by atoms with E-state index in [0.717, 1.165) is 5.56 Å². The van der Waals surface area contributed by atoms with E-state index >= 15 is 0 Å². The van der Waals surface area contributed by atoms with Gasteiger partial charge in [-0.2, -0.15) is 5.10 Å². The number of amides is 2. The lowest BCUT2D eigenvalue weighted by Gasteiger charge is -2.31. The SMILES string of the molecule is CC(N)C(c1cnn(C)c1)N(CC(N)=O)CC(N)=O. The summed E-state index contributed by atoms with van der Waals surface area (Å²) in [5.74, 6) is -1.09. The highest BCUT2D eigenvalue weighted by Gasteiger charge is 2.27. The summed E-state index contributed by atoms with van der Waals surface area (Å²) in [7, 11) is 1.77. The first kappa shape index (κ1) is 15.1. The molecule has 0 aliphatic rings. The van der Waals surface area contributed by atoms with Crippen molar-refractivity contribution in [1.29, 1.82) is 0 Å². The number of nitrogens with zero attached hydrogens (tertiary/aromatic N) is 3. The first-order valence-electron chi connectivity index (χ1n) is 5.86. The Balaban J connectivity index is 3.04. The first-order chi connectivity index (χ1) is 8.81. The second kappa shape index (κ2) is 6.30. The van der Waals surface area contributed by atoms with Gasteiger partial charge in [0, 0.05) is 24.8 Å². The monoisotopic (exact) mass is 268 g/mol. The molecule has 19 heavy (non-hydrogen) atoms. The van der Waals surface area contributed by atoms with E-state index in [1.165, 1.54) is 0 Å². The Morgan fingerprint density at radius 3 is 2.21 bits per heavy atom. The van der Waals surface area contributed by atoms with Crippen molar-refractivity contribution in [2.24, 2.45) is 24.2 Å². The van der Waals surface area contributed by atoms with E-state index < -0.39 is 11.8 Å². The number of nitrogens with two attached hydrogens (primary N) is 3. The molecule has 0 aromatic carbocycles. The Labute approximate surface area is 111 Å². The lowest BCUT2D eigenvalue weighted by molar-refractivity contribution is -0.123. The highest BCUT2D eigenvalue weighted by Crippen LogP contribution is 2.22. The summed E-state index contributed by atoms with van der Waals surface area (Å²) in [6.45, 7) is 1.60. The van der Waals surface area contributed by atoms with Gasteiger partial charge in [-0.15, -0.1) is 0 Å². The average Bonchev–Trinajstić information content (AvgIpc) is 2.62. The maximum atomic E-state index is 11.1. The molecule has 1 rings (SSSR count). The van der Waals surface area contributed by atoms with Crippen molar-refractivity contribution in [3.05, 3.63) is 18.0 Å². The molecule has 0 spiro atoms. The van der Waals surface area contributed by atoms with Crippen LogP contribution in [-0.4, -0.2) is 45.6 Å². The van der Waals surface area contributed by atoms with Crippen LogP contribution >= 0.6 is 0 Å². The zero-order valence-corrected chi connectivity index (χ0v) is 11.1. The Morgan fingerprint density at radius 1 is 1.37 bits per heavy atom. The van der Waals surface area contributed by atoms with Gasteiger partial charge < -0.3 is 17.2 Å². The van der Waals surface area contributed by atoms with Gasteiger partial charge in [0.15, 0.2) is 0 Å². The normalized spacial score (nSPS) is 14.3. The number of hydrogen-bond acceptors (Lipinski definition) is 5. The van der Waals surface area contributed by atoms with Crippen LogP contribution in [0, 0.1) is 0 Å². The third-order valence-electron chi connectivity index (χ3n) is 2.68. The molecule has 0 aliphatic carbocycles. The molecule has 0 saturated carbocycles. The molecule has 6 N–H and O–H groups in total. The second-order valence-electron chi connectivity index (χ2n) is 4.59. The molecule has 0 radical (unpaired) electrons. The van der Waals surface area contributed by atoms with Crippen LogP contribution < -0.4 is 17.2 Å². The zero-order valence-electron chi connectivity index (χ0n) is 11.1. The predicted molar refractivity (Wildman–Crippen MR) is 69.6 cm³/mol. The van der Waals surface area contributed by atoms with Crippen molar-refractivity contribution in [1.82, 2.24) is 14.7 Å². The van der Waals surface area contributed by atoms with E-state index in [1.54, 1.807) is 35.9 Å². The largest absolute Gasteiger partial charge is 0.369 e. The van der Waals surface area contributed by atoms with E-state index in [0.29, 0.717) is 0 Å². The van der Waals surface area contributed by atoms with Gasteiger partial charge in [0.1, 0.15) is 0 Å². The molecule has 0 bridgehead atoms. The molecule has 2 unspecified atom stereocenters. The van der Waals surface area contributed by atoms with Gasteiger partial charge in [-0.1, -0.05) is 0 Å². The Morgan fingerprint density at radius 2 is 1.89 bits per heavy atom. The molecule has 1 aromatic heterocycles. The minimum atomic E-state index is -0.546. The van der Waals surface area contributed by atoms with Crippen molar-refractivity contribution in [2.75, 3.05) is 13.1 Å². The summed E-state index contributed by atoms with van der Waals surface area (Å²) in [6, 6.07) is -0.670. The summed E-state index contributed by atoms with van der Waals surface area (Å²) in [5.41, 5.74) is 17.1. The zero-order chi connectivity index (χ0) is 14.6. The molecule has 1 heterocycles. The van der Waals surface area contributed by atoms with Crippen LogP contribution in [0.5, 0.6) is 0 Å². The summed E-state index contributed by atoms with van der Waals surface area (Å²) >= 11 is 0. The summed E-state index contributed by atoms with van der Waals surface area (Å²) in [6.07, 6.45) is 3.42. The van der Waals surface area contributed by atoms with E-state index in [-0.39, 0.29) is 25.2 Å². The van der Waals surface area contributed by atoms with Crippen LogP contribution in [0.2, 0.25) is 0 Å². The molecular formula is C11H20N6O2. The van der Waals surface area contributed by atoms with Gasteiger partial charge in [-0.3, -0.25) is 19.2 Å². The van der Waals surface area contributed by atoms with Crippen LogP contribution in [0.25, 0.3) is 0 Å². The van der Waals surface area contributed by atoms with Crippen LogP contribution in [0.15, 0.2) is 12.4 Å². The molecule has 2 atom stereocenters. The maximum Gasteiger partial charge on any atom is 0.231 e. The molecule has 2 amide bonds. The minimum Gasteiger partial charge on any atom is -0.369 e. The number of carbonyl (C=O) groups is 2. The lowest BCUT2D eigenvalue weighted by Crippen LogP contribution is -2.46.